The number of hydrogen-bond donors (Lipinski definition) is 2. The Kier molecular flexibility index (Phi) is 6.69. The summed E-state index contributed by atoms with van der Waals surface area (Å²) in [5.74, 6) is -0.588. The topological polar surface area (TPSA) is 117 Å². The van der Waals surface area contributed by atoms with Crippen LogP contribution in [0, 0.1) is 0 Å². The Morgan fingerprint density at radius 1 is 1.19 bits per heavy atom. The van der Waals surface area contributed by atoms with Crippen LogP contribution in [0.25, 0.3) is 0 Å². The van der Waals surface area contributed by atoms with Gasteiger partial charge in [0.25, 0.3) is 5.91 Å². The minimum Gasteiger partial charge on any atom is -0.376 e. The van der Waals surface area contributed by atoms with Crippen LogP contribution in [0.3, 0.4) is 0 Å². The first-order chi connectivity index (χ1) is 16.7. The number of aromatic nitrogens is 1. The molecule has 8 nitrogen and oxygen atoms in total. The van der Waals surface area contributed by atoms with Gasteiger partial charge in [-0.05, 0) is 62.1 Å². The molecule has 1 aliphatic carbocycles. The Bertz CT molecular complexity index is 1240. The van der Waals surface area contributed by atoms with Gasteiger partial charge in [0.1, 0.15) is 5.69 Å². The number of nitrogens with two attached hydrogens (primary N) is 1. The fraction of sp³-hybridized carbons (Fsp3) is 0.500. The Morgan fingerprint density at radius 3 is 2.36 bits per heavy atom. The lowest BCUT2D eigenvalue weighted by atomic mass is 9.95. The van der Waals surface area contributed by atoms with E-state index in [-0.39, 0.29) is 28.6 Å². The number of benzene rings is 1. The first-order valence-electron chi connectivity index (χ1n) is 11.6. The molecule has 1 saturated heterocycles. The highest BCUT2D eigenvalue weighted by atomic mass is 32.2. The number of hydrogen-bond acceptors (Lipinski definition) is 6. The van der Waals surface area contributed by atoms with Crippen LogP contribution in [0.4, 0.5) is 13.2 Å². The number of carbonyl (C=O) groups is 1. The molecule has 3 N–H and O–H groups in total. The van der Waals surface area contributed by atoms with Gasteiger partial charge in [-0.25, -0.2) is 8.42 Å². The highest BCUT2D eigenvalue weighted by Gasteiger charge is 2.51. The van der Waals surface area contributed by atoms with Crippen molar-refractivity contribution >= 4 is 15.9 Å². The lowest BCUT2D eigenvalue weighted by Crippen LogP contribution is -2.55. The minimum atomic E-state index is -4.89. The third-order valence-corrected chi connectivity index (χ3v) is 9.26. The molecule has 2 aromatic rings. The average Bonchev–Trinajstić information content (AvgIpc) is 3.59. The third-order valence-electron chi connectivity index (χ3n) is 7.23. The van der Waals surface area contributed by atoms with Gasteiger partial charge in [-0.2, -0.15) is 17.5 Å². The van der Waals surface area contributed by atoms with E-state index in [1.54, 1.807) is 19.2 Å². The van der Waals surface area contributed by atoms with Crippen molar-refractivity contribution in [1.29, 1.82) is 0 Å². The normalized spacial score (nSPS) is 22.7. The molecule has 0 spiro atoms. The van der Waals surface area contributed by atoms with E-state index in [4.69, 9.17) is 5.73 Å². The van der Waals surface area contributed by atoms with E-state index in [0.717, 1.165) is 42.7 Å². The second-order valence-electron chi connectivity index (χ2n) is 9.87. The summed E-state index contributed by atoms with van der Waals surface area (Å²) in [6.45, 7) is 4.32. The maximum atomic E-state index is 13.3. The van der Waals surface area contributed by atoms with E-state index in [2.05, 4.69) is 9.88 Å². The van der Waals surface area contributed by atoms with Crippen molar-refractivity contribution in [3.8, 4) is 0 Å². The number of piperazine rings is 1. The summed E-state index contributed by atoms with van der Waals surface area (Å²) in [6, 6.07) is 7.42. The Morgan fingerprint density at radius 2 is 1.83 bits per heavy atom. The highest BCUT2D eigenvalue weighted by Crippen LogP contribution is 2.49. The average molecular weight is 527 g/mol. The number of amides is 1. The van der Waals surface area contributed by atoms with Crippen LogP contribution >= 0.6 is 0 Å². The number of alkyl halides is 3. The number of pyridine rings is 1. The van der Waals surface area contributed by atoms with Crippen LogP contribution in [0.2, 0.25) is 0 Å². The molecule has 0 bridgehead atoms. The van der Waals surface area contributed by atoms with E-state index in [1.165, 1.54) is 4.31 Å². The highest BCUT2D eigenvalue weighted by molar-refractivity contribution is 7.89. The maximum absolute atomic E-state index is 13.3. The molecule has 4 rings (SSSR count). The summed E-state index contributed by atoms with van der Waals surface area (Å²) in [5.41, 5.74) is 2.93. The van der Waals surface area contributed by atoms with E-state index < -0.39 is 33.3 Å². The van der Waals surface area contributed by atoms with E-state index in [9.17, 15) is 31.5 Å². The largest absolute Gasteiger partial charge is 0.421 e. The van der Waals surface area contributed by atoms with Gasteiger partial charge in [-0.1, -0.05) is 12.1 Å². The van der Waals surface area contributed by atoms with Crippen molar-refractivity contribution in [3.05, 3.63) is 59.4 Å². The molecule has 1 saturated carbocycles. The summed E-state index contributed by atoms with van der Waals surface area (Å²) >= 11 is 0. The number of sulfonamides is 1. The molecule has 1 aliphatic heterocycles. The van der Waals surface area contributed by atoms with Crippen LogP contribution in [0.5, 0.6) is 0 Å². The zero-order chi connectivity index (χ0) is 26.5. The SMILES string of the molecule is C[C@@H]1CN(CC2(c3ccnc(C(N)=O)c3)CC2)CCN1S(=O)(=O)c1ccc([C@@](C)(O)C(F)(F)F)cc1. The van der Waals surface area contributed by atoms with Crippen LogP contribution in [-0.2, 0) is 21.0 Å². The molecule has 2 fully saturated rings. The van der Waals surface area contributed by atoms with Gasteiger partial charge in [0, 0.05) is 43.8 Å². The molecule has 2 heterocycles. The molecule has 1 aromatic carbocycles. The zero-order valence-corrected chi connectivity index (χ0v) is 20.8. The molecule has 0 radical (unpaired) electrons. The van der Waals surface area contributed by atoms with Crippen molar-refractivity contribution in [3.63, 3.8) is 0 Å². The van der Waals surface area contributed by atoms with Gasteiger partial charge in [-0.15, -0.1) is 0 Å². The molecule has 2 aliphatic rings. The van der Waals surface area contributed by atoms with Crippen LogP contribution in [0.1, 0.15) is 48.3 Å². The van der Waals surface area contributed by atoms with Crippen molar-refractivity contribution < 1.29 is 31.5 Å². The molecular weight excluding hydrogens is 497 g/mol. The number of primary amides is 1. The van der Waals surface area contributed by atoms with Crippen molar-refractivity contribution in [1.82, 2.24) is 14.2 Å². The predicted molar refractivity (Wildman–Crippen MR) is 126 cm³/mol. The maximum Gasteiger partial charge on any atom is 0.421 e. The molecule has 12 heteroatoms. The third kappa shape index (κ3) is 4.86. The van der Waals surface area contributed by atoms with Gasteiger partial charge in [0.15, 0.2) is 5.60 Å². The molecule has 196 valence electrons. The van der Waals surface area contributed by atoms with Crippen LogP contribution < -0.4 is 5.73 Å². The summed E-state index contributed by atoms with van der Waals surface area (Å²) in [6.07, 6.45) is -1.44. The standard InChI is InChI=1S/C24H29F3N4O4S/c1-16-14-30(15-23(8-9-23)18-7-10-29-20(13-18)21(28)32)11-12-31(16)36(34,35)19-5-3-17(4-6-19)22(2,33)24(25,26)27/h3-7,10,13,16,33H,8-9,11-12,14-15H2,1-2H3,(H2,28,32)/t16-,22-/m1/s1. The van der Waals surface area contributed by atoms with E-state index in [1.807, 2.05) is 6.07 Å². The van der Waals surface area contributed by atoms with Crippen molar-refractivity contribution in [2.75, 3.05) is 26.2 Å². The Labute approximate surface area is 208 Å². The van der Waals surface area contributed by atoms with Crippen LogP contribution in [0.15, 0.2) is 47.5 Å². The lowest BCUT2D eigenvalue weighted by molar-refractivity contribution is -0.258. The van der Waals surface area contributed by atoms with Crippen LogP contribution in [-0.4, -0.2) is 72.0 Å². The number of halogens is 3. The fourth-order valence-electron chi connectivity index (χ4n) is 4.78. The van der Waals surface area contributed by atoms with Gasteiger partial charge in [0.05, 0.1) is 4.90 Å². The van der Waals surface area contributed by atoms with Crippen molar-refractivity contribution in [2.45, 2.75) is 54.8 Å². The van der Waals surface area contributed by atoms with Gasteiger partial charge in [-0.3, -0.25) is 14.7 Å². The van der Waals surface area contributed by atoms with Gasteiger partial charge >= 0.3 is 6.18 Å². The smallest absolute Gasteiger partial charge is 0.376 e. The molecule has 1 amide bonds. The molecule has 1 aromatic heterocycles. The lowest BCUT2D eigenvalue weighted by Gasteiger charge is -2.40. The minimum absolute atomic E-state index is 0.126. The molecular formula is C24H29F3N4O4S. The number of nitrogens with zero attached hydrogens (tertiary/aromatic N) is 3. The molecule has 0 unspecified atom stereocenters. The van der Waals surface area contributed by atoms with E-state index in [0.29, 0.717) is 26.6 Å². The monoisotopic (exact) mass is 526 g/mol. The number of carbonyl (C=O) groups excluding carboxylic acids is 1. The quantitative estimate of drug-likeness (QED) is 0.572. The summed E-state index contributed by atoms with van der Waals surface area (Å²) in [5, 5.41) is 9.84. The Balaban J connectivity index is 1.45. The first-order valence-corrected chi connectivity index (χ1v) is 13.0. The second-order valence-corrected chi connectivity index (χ2v) is 11.8. The summed E-state index contributed by atoms with van der Waals surface area (Å²) in [7, 11) is -3.94. The van der Waals surface area contributed by atoms with Gasteiger partial charge in [0.2, 0.25) is 10.0 Å². The van der Waals surface area contributed by atoms with E-state index >= 15 is 0 Å². The zero-order valence-electron chi connectivity index (χ0n) is 20.0. The summed E-state index contributed by atoms with van der Waals surface area (Å²) < 4.78 is 67.2. The fourth-order valence-corrected chi connectivity index (χ4v) is 6.39. The predicted octanol–water partition coefficient (Wildman–Crippen LogP) is 2.38. The molecule has 36 heavy (non-hydrogen) atoms. The van der Waals surface area contributed by atoms with Gasteiger partial charge < -0.3 is 10.8 Å². The Hall–Kier alpha value is -2.54. The number of rotatable bonds is 7. The first kappa shape index (κ1) is 26.5. The molecule has 2 atom stereocenters. The number of aliphatic hydroxyl groups is 1. The van der Waals surface area contributed by atoms with Crippen molar-refractivity contribution in [2.24, 2.45) is 5.73 Å². The summed E-state index contributed by atoms with van der Waals surface area (Å²) in [4.78, 5) is 17.6. The second kappa shape index (κ2) is 9.09.